The van der Waals surface area contributed by atoms with Crippen LogP contribution in [0.5, 0.6) is 0 Å². The van der Waals surface area contributed by atoms with E-state index in [2.05, 4.69) is 18.2 Å². The number of hydrogen-bond acceptors (Lipinski definition) is 4. The number of nitrogens with one attached hydrogen (secondary N) is 1. The Bertz CT molecular complexity index is 92.2. The Morgan fingerprint density at radius 2 is 2.43 bits per heavy atom. The molecule has 0 aliphatic carbocycles. The molecule has 0 aromatic rings. The molecule has 0 unspecified atom stereocenters. The van der Waals surface area contributed by atoms with Crippen LogP contribution in [-0.4, -0.2) is 16.6 Å². The van der Waals surface area contributed by atoms with Gasteiger partial charge in [-0.25, -0.2) is 0 Å². The normalized spacial score (nSPS) is 20.6. The minimum atomic E-state index is 1.57. The van der Waals surface area contributed by atoms with Crippen molar-refractivity contribution in [3.05, 3.63) is 12.4 Å². The van der Waals surface area contributed by atoms with E-state index in [1.807, 2.05) is 18.3 Å². The summed E-state index contributed by atoms with van der Waals surface area (Å²) in [5.41, 5.74) is 2.81. The lowest BCUT2D eigenvalue weighted by molar-refractivity contribution is 0.166. The maximum Gasteiger partial charge on any atom is 0.0356 e. The van der Waals surface area contributed by atoms with Crippen molar-refractivity contribution >= 4 is 12.8 Å². The zero-order valence-electron chi connectivity index (χ0n) is 4.00. The number of nitrogens with zero attached hydrogens (tertiary/aromatic N) is 2. The van der Waals surface area contributed by atoms with Crippen LogP contribution in [0.4, 0.5) is 0 Å². The third-order valence-corrected chi connectivity index (χ3v) is 1.18. The van der Waals surface area contributed by atoms with E-state index in [1.54, 1.807) is 10.7 Å². The fourth-order valence-electron chi connectivity index (χ4n) is 0.362. The van der Waals surface area contributed by atoms with Crippen molar-refractivity contribution in [3.63, 3.8) is 0 Å². The summed E-state index contributed by atoms with van der Waals surface area (Å²) >= 11 is 3.97. The van der Waals surface area contributed by atoms with E-state index in [-0.39, 0.29) is 0 Å². The first-order valence-electron chi connectivity index (χ1n) is 1.95. The molecule has 0 atom stereocenters. The summed E-state index contributed by atoms with van der Waals surface area (Å²) in [7, 11) is 1.89. The van der Waals surface area contributed by atoms with Crippen molar-refractivity contribution in [2.45, 2.75) is 0 Å². The molecule has 0 bridgehead atoms. The Morgan fingerprint density at radius 3 is 2.57 bits per heavy atom. The minimum absolute atomic E-state index is 1.57. The Balaban J connectivity index is 2.45. The molecule has 0 aromatic heterocycles. The van der Waals surface area contributed by atoms with Gasteiger partial charge in [0.05, 0.1) is 0 Å². The summed E-state index contributed by atoms with van der Waals surface area (Å²) in [6, 6.07) is 0. The van der Waals surface area contributed by atoms with Gasteiger partial charge in [-0.2, -0.15) is 0 Å². The summed E-state index contributed by atoms with van der Waals surface area (Å²) in [5.74, 6) is 0. The third kappa shape index (κ3) is 0.808. The van der Waals surface area contributed by atoms with Gasteiger partial charge in [0.25, 0.3) is 0 Å². The lowest BCUT2D eigenvalue weighted by Gasteiger charge is -2.16. The quantitative estimate of drug-likeness (QED) is 0.434. The zero-order chi connectivity index (χ0) is 5.28. The Labute approximate surface area is 48.1 Å². The molecular weight excluding hydrogens is 110 g/mol. The average molecular weight is 117 g/mol. The lowest BCUT2D eigenvalue weighted by atomic mass is 10.9. The SMILES string of the molecule is CN1C=CNN1S. The van der Waals surface area contributed by atoms with Crippen LogP contribution in [-0.2, 0) is 0 Å². The van der Waals surface area contributed by atoms with Crippen LogP contribution < -0.4 is 5.43 Å². The highest BCUT2D eigenvalue weighted by atomic mass is 32.1. The van der Waals surface area contributed by atoms with Gasteiger partial charge in [0, 0.05) is 19.4 Å². The van der Waals surface area contributed by atoms with E-state index < -0.39 is 0 Å². The maximum atomic E-state index is 3.97. The number of thiol groups is 1. The molecule has 1 heterocycles. The molecule has 0 spiro atoms. The average Bonchev–Trinajstić information content (AvgIpc) is 1.91. The van der Waals surface area contributed by atoms with Crippen LogP contribution in [0.3, 0.4) is 0 Å². The van der Waals surface area contributed by atoms with E-state index in [9.17, 15) is 0 Å². The van der Waals surface area contributed by atoms with E-state index in [1.165, 1.54) is 0 Å². The minimum Gasteiger partial charge on any atom is -0.297 e. The van der Waals surface area contributed by atoms with Crippen molar-refractivity contribution in [3.8, 4) is 0 Å². The topological polar surface area (TPSA) is 18.5 Å². The second-order valence-corrected chi connectivity index (χ2v) is 1.69. The summed E-state index contributed by atoms with van der Waals surface area (Å²) in [6.45, 7) is 0. The smallest absolute Gasteiger partial charge is 0.0356 e. The molecule has 4 heteroatoms. The molecule has 3 nitrogen and oxygen atoms in total. The summed E-state index contributed by atoms with van der Waals surface area (Å²) in [5, 5.41) is 1.81. The first kappa shape index (κ1) is 4.80. The Morgan fingerprint density at radius 1 is 1.71 bits per heavy atom. The third-order valence-electron chi connectivity index (χ3n) is 0.779. The molecule has 7 heavy (non-hydrogen) atoms. The fraction of sp³-hybridized carbons (Fsp3) is 0.333. The second-order valence-electron chi connectivity index (χ2n) is 1.31. The van der Waals surface area contributed by atoms with Gasteiger partial charge in [-0.1, -0.05) is 17.3 Å². The van der Waals surface area contributed by atoms with Crippen molar-refractivity contribution < 1.29 is 0 Å². The highest BCUT2D eigenvalue weighted by Crippen LogP contribution is 1.99. The van der Waals surface area contributed by atoms with E-state index >= 15 is 0 Å². The number of hydrogen-bond donors (Lipinski definition) is 2. The summed E-state index contributed by atoms with van der Waals surface area (Å²) < 4.78 is 1.57. The van der Waals surface area contributed by atoms with Gasteiger partial charge >= 0.3 is 0 Å². The van der Waals surface area contributed by atoms with Crippen molar-refractivity contribution in [2.75, 3.05) is 7.05 Å². The number of rotatable bonds is 0. The monoisotopic (exact) mass is 117 g/mol. The lowest BCUT2D eigenvalue weighted by Crippen LogP contribution is -2.29. The predicted molar refractivity (Wildman–Crippen MR) is 30.9 cm³/mol. The Hall–Kier alpha value is -0.350. The first-order chi connectivity index (χ1) is 3.30. The van der Waals surface area contributed by atoms with Crippen molar-refractivity contribution in [1.29, 1.82) is 0 Å². The van der Waals surface area contributed by atoms with Crippen molar-refractivity contribution in [1.82, 2.24) is 15.0 Å². The van der Waals surface area contributed by atoms with Crippen LogP contribution in [0.2, 0.25) is 0 Å². The van der Waals surface area contributed by atoms with Gasteiger partial charge < -0.3 is 0 Å². The van der Waals surface area contributed by atoms with Crippen LogP contribution in [0.15, 0.2) is 12.4 Å². The molecule has 1 aliphatic heterocycles. The highest BCUT2D eigenvalue weighted by Gasteiger charge is 2.02. The van der Waals surface area contributed by atoms with E-state index in [0.717, 1.165) is 0 Å². The van der Waals surface area contributed by atoms with Crippen LogP contribution in [0.25, 0.3) is 0 Å². The molecule has 1 aliphatic rings. The van der Waals surface area contributed by atoms with Gasteiger partial charge in [-0.05, 0) is 0 Å². The molecule has 0 amide bonds. The fourth-order valence-corrected chi connectivity index (χ4v) is 0.488. The van der Waals surface area contributed by atoms with Gasteiger partial charge in [-0.3, -0.25) is 10.4 Å². The largest absolute Gasteiger partial charge is 0.297 e. The van der Waals surface area contributed by atoms with Gasteiger partial charge in [0.2, 0.25) is 0 Å². The molecule has 0 fully saturated rings. The van der Waals surface area contributed by atoms with Crippen LogP contribution in [0.1, 0.15) is 0 Å². The molecule has 1 rings (SSSR count). The van der Waals surface area contributed by atoms with Crippen molar-refractivity contribution in [2.24, 2.45) is 0 Å². The van der Waals surface area contributed by atoms with Gasteiger partial charge in [0.1, 0.15) is 0 Å². The summed E-state index contributed by atoms with van der Waals surface area (Å²) in [6.07, 6.45) is 3.67. The Kier molecular flexibility index (Phi) is 1.12. The summed E-state index contributed by atoms with van der Waals surface area (Å²) in [4.78, 5) is 0. The maximum absolute atomic E-state index is 3.97. The van der Waals surface area contributed by atoms with Gasteiger partial charge in [-0.15, -0.1) is 0 Å². The molecule has 0 aromatic carbocycles. The van der Waals surface area contributed by atoms with Crippen LogP contribution >= 0.6 is 12.8 Å². The molecule has 1 N–H and O–H groups in total. The predicted octanol–water partition coefficient (Wildman–Crippen LogP) is -0.0306. The molecular formula is C3H7N3S. The second kappa shape index (κ2) is 1.63. The number of hydrazine groups is 2. The van der Waals surface area contributed by atoms with Gasteiger partial charge in [0.15, 0.2) is 0 Å². The van der Waals surface area contributed by atoms with Crippen LogP contribution in [0, 0.1) is 0 Å². The first-order valence-corrected chi connectivity index (χ1v) is 2.35. The van der Waals surface area contributed by atoms with E-state index in [4.69, 9.17) is 0 Å². The highest BCUT2D eigenvalue weighted by molar-refractivity contribution is 7.77. The molecule has 0 radical (unpaired) electrons. The zero-order valence-corrected chi connectivity index (χ0v) is 4.89. The van der Waals surface area contributed by atoms with E-state index in [0.29, 0.717) is 0 Å². The molecule has 0 saturated heterocycles. The molecule has 40 valence electrons. The molecule has 0 saturated carbocycles. The standard InChI is InChI=1S/C3H7N3S/c1-5-3-2-4-6(5)7/h2-4,7H,1H3.